The average molecular weight is 807 g/mol. The molecule has 0 bridgehead atoms. The molecule has 2 unspecified atom stereocenters. The summed E-state index contributed by atoms with van der Waals surface area (Å²) in [5.41, 5.74) is 0. The Morgan fingerprint density at radius 1 is 0.552 bits per heavy atom. The molecule has 0 radical (unpaired) electrons. The summed E-state index contributed by atoms with van der Waals surface area (Å²) in [6.45, 7) is 4.43. The van der Waals surface area contributed by atoms with E-state index in [0.29, 0.717) is 12.8 Å². The molecule has 0 aromatic rings. The number of carbonyl (C=O) groups is 3. The summed E-state index contributed by atoms with van der Waals surface area (Å²) >= 11 is 0. The number of likely N-dealkylation sites (N-methyl/N-ethyl adjacent to an activating group) is 1. The maximum atomic E-state index is 12.7. The van der Waals surface area contributed by atoms with Crippen LogP contribution < -0.4 is 0 Å². The summed E-state index contributed by atoms with van der Waals surface area (Å²) in [5, 5.41) is 9.61. The molecule has 0 saturated carbocycles. The van der Waals surface area contributed by atoms with Crippen molar-refractivity contribution in [3.8, 4) is 0 Å². The SMILES string of the molecule is CC/C=C/C=C/C=C/C=C/C=C/CCCC(=O)OCC(COCCC(C(=O)O)[N+](C)(C)C)OC(=O)CCCCCCC/C=C/C/C=C/C/C=C/C/C=C/CCCCC. The third-order valence-electron chi connectivity index (χ3n) is 9.03. The number of nitrogens with zero attached hydrogens (tertiary/aromatic N) is 1. The molecule has 326 valence electrons. The van der Waals surface area contributed by atoms with Crippen LogP contribution in [0.15, 0.2) is 109 Å². The first kappa shape index (κ1) is 54.0. The van der Waals surface area contributed by atoms with Crippen molar-refractivity contribution in [3.05, 3.63) is 109 Å². The number of aliphatic carboxylic acids is 1. The Kier molecular flexibility index (Phi) is 37.0. The molecule has 0 amide bonds. The van der Waals surface area contributed by atoms with Gasteiger partial charge in [-0.15, -0.1) is 0 Å². The monoisotopic (exact) mass is 807 g/mol. The first-order valence-electron chi connectivity index (χ1n) is 22.0. The van der Waals surface area contributed by atoms with Gasteiger partial charge in [-0.25, -0.2) is 4.79 Å². The quantitative estimate of drug-likeness (QED) is 0.0219. The van der Waals surface area contributed by atoms with Crippen LogP contribution in [0.5, 0.6) is 0 Å². The Morgan fingerprint density at radius 3 is 1.62 bits per heavy atom. The van der Waals surface area contributed by atoms with Crippen molar-refractivity contribution in [2.75, 3.05) is 41.0 Å². The van der Waals surface area contributed by atoms with Crippen LogP contribution >= 0.6 is 0 Å². The highest BCUT2D eigenvalue weighted by atomic mass is 16.6. The van der Waals surface area contributed by atoms with E-state index in [1.807, 2.05) is 75.8 Å². The number of ether oxygens (including phenoxy) is 3. The number of hydrogen-bond donors (Lipinski definition) is 1. The molecule has 8 heteroatoms. The normalized spacial score (nSPS) is 14.0. The number of quaternary nitrogens is 1. The zero-order chi connectivity index (χ0) is 42.8. The lowest BCUT2D eigenvalue weighted by Crippen LogP contribution is -2.50. The predicted molar refractivity (Wildman–Crippen MR) is 242 cm³/mol. The molecule has 0 aliphatic rings. The molecule has 0 spiro atoms. The van der Waals surface area contributed by atoms with E-state index in [9.17, 15) is 19.5 Å². The van der Waals surface area contributed by atoms with E-state index in [2.05, 4.69) is 68.5 Å². The van der Waals surface area contributed by atoms with Crippen LogP contribution in [0.4, 0.5) is 0 Å². The predicted octanol–water partition coefficient (Wildman–Crippen LogP) is 12.1. The highest BCUT2D eigenvalue weighted by Crippen LogP contribution is 2.12. The van der Waals surface area contributed by atoms with Crippen molar-refractivity contribution < 1.29 is 38.2 Å². The smallest absolute Gasteiger partial charge is 0.362 e. The molecule has 0 aromatic heterocycles. The molecular weight excluding hydrogens is 727 g/mol. The summed E-state index contributed by atoms with van der Waals surface area (Å²) in [5.74, 6) is -1.61. The number of carboxylic acids is 1. The lowest BCUT2D eigenvalue weighted by atomic mass is 10.1. The van der Waals surface area contributed by atoms with E-state index in [1.165, 1.54) is 25.7 Å². The lowest BCUT2D eigenvalue weighted by Gasteiger charge is -2.31. The Labute approximate surface area is 353 Å². The second-order valence-corrected chi connectivity index (χ2v) is 15.3. The molecule has 58 heavy (non-hydrogen) atoms. The number of unbranched alkanes of at least 4 members (excludes halogenated alkanes) is 9. The molecule has 2 atom stereocenters. The Balaban J connectivity index is 4.48. The van der Waals surface area contributed by atoms with Gasteiger partial charge in [0, 0.05) is 19.3 Å². The fourth-order valence-corrected chi connectivity index (χ4v) is 5.63. The van der Waals surface area contributed by atoms with Gasteiger partial charge in [-0.05, 0) is 70.6 Å². The van der Waals surface area contributed by atoms with E-state index < -0.39 is 18.1 Å². The molecule has 0 aromatic carbocycles. The molecule has 0 aliphatic carbocycles. The Morgan fingerprint density at radius 2 is 1.05 bits per heavy atom. The van der Waals surface area contributed by atoms with E-state index in [1.54, 1.807) is 0 Å². The number of allylic oxidation sites excluding steroid dienone is 18. The van der Waals surface area contributed by atoms with E-state index in [0.717, 1.165) is 70.6 Å². The molecule has 0 saturated heterocycles. The van der Waals surface area contributed by atoms with Crippen molar-refractivity contribution in [1.82, 2.24) is 0 Å². The van der Waals surface area contributed by atoms with Crippen LogP contribution in [0.3, 0.4) is 0 Å². The fraction of sp³-hybridized carbons (Fsp3) is 0.580. The molecule has 0 rings (SSSR count). The van der Waals surface area contributed by atoms with Gasteiger partial charge in [0.15, 0.2) is 12.1 Å². The second kappa shape index (κ2) is 39.8. The van der Waals surface area contributed by atoms with Crippen molar-refractivity contribution in [1.29, 1.82) is 0 Å². The fourth-order valence-electron chi connectivity index (χ4n) is 5.63. The third-order valence-corrected chi connectivity index (χ3v) is 9.03. The first-order valence-corrected chi connectivity index (χ1v) is 22.0. The molecule has 0 heterocycles. The van der Waals surface area contributed by atoms with Crippen LogP contribution in [0.1, 0.15) is 136 Å². The van der Waals surface area contributed by atoms with Crippen molar-refractivity contribution >= 4 is 17.9 Å². The number of carboxylic acid groups (broad SMARTS) is 1. The lowest BCUT2D eigenvalue weighted by molar-refractivity contribution is -0.887. The standard InChI is InChI=1S/C50H79NO7/c1-6-8-10-12-14-16-18-20-21-22-23-24-25-26-27-29-31-33-35-37-39-41-49(53)58-46(44-56-43-42-47(50(54)55)51(3,4)5)45-57-48(52)40-38-36-34-32-30-28-19-17-15-13-11-9-7-2/h9,11,13-17,19-21,23-24,26-28,30,32,34,46-47H,6-8,10,12,18,22,25,29,31,33,35-45H2,1-5H3/p+1/b11-9+,15-13+,16-14+,19-17+,21-20+,24-23+,27-26+,30-28+,34-32+. The van der Waals surface area contributed by atoms with Crippen LogP contribution in [0, 0.1) is 0 Å². The maximum absolute atomic E-state index is 12.7. The summed E-state index contributed by atoms with van der Waals surface area (Å²) < 4.78 is 17.2. The zero-order valence-electron chi connectivity index (χ0n) is 36.9. The second-order valence-electron chi connectivity index (χ2n) is 15.3. The van der Waals surface area contributed by atoms with Gasteiger partial charge >= 0.3 is 17.9 Å². The highest BCUT2D eigenvalue weighted by Gasteiger charge is 2.31. The Bertz CT molecular complexity index is 1310. The minimum Gasteiger partial charge on any atom is -0.477 e. The van der Waals surface area contributed by atoms with Gasteiger partial charge in [-0.2, -0.15) is 0 Å². The van der Waals surface area contributed by atoms with E-state index >= 15 is 0 Å². The topological polar surface area (TPSA) is 99.1 Å². The number of esters is 2. The largest absolute Gasteiger partial charge is 0.477 e. The molecule has 1 N–H and O–H groups in total. The highest BCUT2D eigenvalue weighted by molar-refractivity contribution is 5.72. The third kappa shape index (κ3) is 37.6. The van der Waals surface area contributed by atoms with Gasteiger partial charge in [-0.1, -0.05) is 155 Å². The molecular formula is C50H80NO7+. The van der Waals surface area contributed by atoms with Gasteiger partial charge in [0.05, 0.1) is 34.4 Å². The Hall–Kier alpha value is -4.01. The molecule has 0 aliphatic heterocycles. The maximum Gasteiger partial charge on any atom is 0.362 e. The van der Waals surface area contributed by atoms with Gasteiger partial charge < -0.3 is 23.8 Å². The van der Waals surface area contributed by atoms with E-state index in [-0.39, 0.29) is 49.1 Å². The molecule has 0 fully saturated rings. The first-order chi connectivity index (χ1) is 28.1. The van der Waals surface area contributed by atoms with Gasteiger partial charge in [0.25, 0.3) is 0 Å². The van der Waals surface area contributed by atoms with Gasteiger partial charge in [0.1, 0.15) is 6.61 Å². The minimum absolute atomic E-state index is 0.0226. The van der Waals surface area contributed by atoms with Crippen molar-refractivity contribution in [2.24, 2.45) is 0 Å². The summed E-state index contributed by atoms with van der Waals surface area (Å²) in [7, 11) is 5.48. The van der Waals surface area contributed by atoms with Crippen LogP contribution in [-0.4, -0.2) is 80.6 Å². The summed E-state index contributed by atoms with van der Waals surface area (Å²) in [6.07, 6.45) is 54.3. The van der Waals surface area contributed by atoms with Crippen LogP contribution in [0.25, 0.3) is 0 Å². The number of carbonyl (C=O) groups excluding carboxylic acids is 2. The van der Waals surface area contributed by atoms with Gasteiger partial charge in [0.2, 0.25) is 0 Å². The summed E-state index contributed by atoms with van der Waals surface area (Å²) in [4.78, 5) is 36.9. The molecule has 8 nitrogen and oxygen atoms in total. The van der Waals surface area contributed by atoms with Crippen LogP contribution in [0.2, 0.25) is 0 Å². The zero-order valence-corrected chi connectivity index (χ0v) is 36.9. The van der Waals surface area contributed by atoms with Gasteiger partial charge in [-0.3, -0.25) is 9.59 Å². The van der Waals surface area contributed by atoms with Crippen LogP contribution in [-0.2, 0) is 28.6 Å². The number of hydrogen-bond acceptors (Lipinski definition) is 6. The minimum atomic E-state index is -0.894. The number of rotatable bonds is 37. The van der Waals surface area contributed by atoms with E-state index in [4.69, 9.17) is 14.2 Å². The summed E-state index contributed by atoms with van der Waals surface area (Å²) in [6, 6.07) is -0.636. The van der Waals surface area contributed by atoms with Crippen molar-refractivity contribution in [2.45, 2.75) is 148 Å². The van der Waals surface area contributed by atoms with Crippen molar-refractivity contribution in [3.63, 3.8) is 0 Å². The average Bonchev–Trinajstić information content (AvgIpc) is 3.18.